The molecule has 0 saturated carbocycles. The van der Waals surface area contributed by atoms with E-state index < -0.39 is 0 Å². The summed E-state index contributed by atoms with van der Waals surface area (Å²) in [6.45, 7) is 31.3. The van der Waals surface area contributed by atoms with Crippen molar-refractivity contribution in [2.45, 2.75) is 81.6 Å². The Labute approximate surface area is 284 Å². The molecule has 2 fully saturated rings. The smallest absolute Gasteiger partial charge is 0.0367 e. The highest BCUT2D eigenvalue weighted by atomic mass is 15.3. The van der Waals surface area contributed by atoms with Crippen LogP contribution < -0.4 is 4.90 Å². The molecule has 0 bridgehead atoms. The average Bonchev–Trinajstić information content (AvgIpc) is 3.07. The van der Waals surface area contributed by atoms with Gasteiger partial charge in [0.15, 0.2) is 0 Å². The monoisotopic (exact) mass is 629 g/mol. The molecular weight excluding hydrogens is 560 g/mol. The SMILES string of the molecule is CC.CC.Cc1ccc(-c2ccc(CCCC(C)(C)C)cc2)cc1.Cc1ccc(N2CCN(CCN3CCN(C)CC3)CC2)cc1. The second-order valence-corrected chi connectivity index (χ2v) is 13.8. The molecule has 0 N–H and O–H groups in total. The predicted molar refractivity (Wildman–Crippen MR) is 205 cm³/mol. The van der Waals surface area contributed by atoms with Crippen LogP contribution in [0.1, 0.15) is 78.0 Å². The molecule has 0 radical (unpaired) electrons. The highest BCUT2D eigenvalue weighted by Crippen LogP contribution is 2.24. The molecule has 2 aliphatic heterocycles. The zero-order chi connectivity index (χ0) is 34.0. The predicted octanol–water partition coefficient (Wildman–Crippen LogP) is 9.45. The third-order valence-electron chi connectivity index (χ3n) is 8.83. The van der Waals surface area contributed by atoms with Crippen molar-refractivity contribution in [3.05, 3.63) is 89.5 Å². The molecule has 0 amide bonds. The number of anilines is 1. The number of likely N-dealkylation sites (N-methyl/N-ethyl adjacent to an activating group) is 1. The zero-order valence-electron chi connectivity index (χ0n) is 31.4. The van der Waals surface area contributed by atoms with Gasteiger partial charge in [-0.2, -0.15) is 0 Å². The van der Waals surface area contributed by atoms with Crippen molar-refractivity contribution in [2.75, 3.05) is 77.4 Å². The Kier molecular flexibility index (Phi) is 18.3. The number of piperazine rings is 2. The Balaban J connectivity index is 0.000000290. The molecule has 4 nitrogen and oxygen atoms in total. The summed E-state index contributed by atoms with van der Waals surface area (Å²) in [4.78, 5) is 10.2. The minimum atomic E-state index is 0.446. The maximum Gasteiger partial charge on any atom is 0.0367 e. The van der Waals surface area contributed by atoms with Crippen molar-refractivity contribution in [3.8, 4) is 11.1 Å². The molecule has 0 aliphatic carbocycles. The topological polar surface area (TPSA) is 13.0 Å². The fraction of sp³-hybridized carbons (Fsp3) is 0.571. The van der Waals surface area contributed by atoms with Crippen LogP contribution in [0.4, 0.5) is 5.69 Å². The van der Waals surface area contributed by atoms with Gasteiger partial charge in [0, 0.05) is 71.1 Å². The number of benzene rings is 3. The maximum absolute atomic E-state index is 2.63. The molecule has 3 aromatic carbocycles. The number of aryl methyl sites for hydroxylation is 3. The first-order chi connectivity index (χ1) is 22.1. The first-order valence-corrected chi connectivity index (χ1v) is 18.3. The van der Waals surface area contributed by atoms with Crippen molar-refractivity contribution in [1.82, 2.24) is 14.7 Å². The lowest BCUT2D eigenvalue weighted by Gasteiger charge is -2.38. The fourth-order valence-electron chi connectivity index (χ4n) is 5.77. The molecule has 2 heterocycles. The molecule has 2 aliphatic rings. The molecule has 4 heteroatoms. The van der Waals surface area contributed by atoms with Crippen LogP contribution in [0.2, 0.25) is 0 Å². The molecule has 3 aromatic rings. The van der Waals surface area contributed by atoms with E-state index in [2.05, 4.69) is 134 Å². The Bertz CT molecular complexity index is 1160. The molecule has 46 heavy (non-hydrogen) atoms. The van der Waals surface area contributed by atoms with Crippen molar-refractivity contribution in [2.24, 2.45) is 5.41 Å². The van der Waals surface area contributed by atoms with E-state index in [1.165, 1.54) is 105 Å². The summed E-state index contributed by atoms with van der Waals surface area (Å²) in [6, 6.07) is 26.7. The van der Waals surface area contributed by atoms with E-state index in [-0.39, 0.29) is 0 Å². The van der Waals surface area contributed by atoms with E-state index in [1.807, 2.05) is 27.7 Å². The van der Waals surface area contributed by atoms with Crippen LogP contribution in [0.25, 0.3) is 11.1 Å². The molecule has 2 saturated heterocycles. The van der Waals surface area contributed by atoms with Gasteiger partial charge in [-0.1, -0.05) is 120 Å². The van der Waals surface area contributed by atoms with Crippen LogP contribution in [0, 0.1) is 19.3 Å². The van der Waals surface area contributed by atoms with Gasteiger partial charge in [-0.15, -0.1) is 0 Å². The third-order valence-corrected chi connectivity index (χ3v) is 8.83. The summed E-state index contributed by atoms with van der Waals surface area (Å²) in [5.41, 5.74) is 8.54. The maximum atomic E-state index is 2.63. The van der Waals surface area contributed by atoms with Gasteiger partial charge in [0.2, 0.25) is 0 Å². The minimum Gasteiger partial charge on any atom is -0.369 e. The second kappa shape index (κ2) is 21.3. The highest BCUT2D eigenvalue weighted by molar-refractivity contribution is 5.63. The minimum absolute atomic E-state index is 0.446. The molecule has 0 aromatic heterocycles. The molecule has 0 spiro atoms. The lowest BCUT2D eigenvalue weighted by molar-refractivity contribution is 0.133. The summed E-state index contributed by atoms with van der Waals surface area (Å²) < 4.78 is 0. The van der Waals surface area contributed by atoms with Crippen LogP contribution in [0.3, 0.4) is 0 Å². The van der Waals surface area contributed by atoms with E-state index in [0.29, 0.717) is 5.41 Å². The quantitative estimate of drug-likeness (QED) is 0.246. The van der Waals surface area contributed by atoms with Crippen molar-refractivity contribution in [1.29, 1.82) is 0 Å². The summed E-state index contributed by atoms with van der Waals surface area (Å²) in [7, 11) is 2.22. The number of nitrogens with zero attached hydrogens (tertiary/aromatic N) is 4. The Hall–Kier alpha value is -2.66. The molecule has 0 atom stereocenters. The van der Waals surface area contributed by atoms with E-state index in [9.17, 15) is 0 Å². The summed E-state index contributed by atoms with van der Waals surface area (Å²) in [6.07, 6.45) is 3.74. The zero-order valence-corrected chi connectivity index (χ0v) is 31.4. The Morgan fingerprint density at radius 3 is 1.41 bits per heavy atom. The van der Waals surface area contributed by atoms with Crippen LogP contribution in [0.15, 0.2) is 72.8 Å². The van der Waals surface area contributed by atoms with Crippen LogP contribution in [-0.2, 0) is 6.42 Å². The lowest BCUT2D eigenvalue weighted by Crippen LogP contribution is -2.50. The van der Waals surface area contributed by atoms with Gasteiger partial charge in [0.05, 0.1) is 0 Å². The fourth-order valence-corrected chi connectivity index (χ4v) is 5.77. The number of hydrogen-bond donors (Lipinski definition) is 0. The normalized spacial score (nSPS) is 15.9. The van der Waals surface area contributed by atoms with Gasteiger partial charge < -0.3 is 9.80 Å². The molecule has 0 unspecified atom stereocenters. The Morgan fingerprint density at radius 2 is 0.957 bits per heavy atom. The van der Waals surface area contributed by atoms with Crippen molar-refractivity contribution >= 4 is 5.69 Å². The van der Waals surface area contributed by atoms with Gasteiger partial charge in [0.25, 0.3) is 0 Å². The summed E-state index contributed by atoms with van der Waals surface area (Å²) in [5.74, 6) is 0. The van der Waals surface area contributed by atoms with Crippen LogP contribution >= 0.6 is 0 Å². The standard InChI is InChI=1S/C20H26.C18H30N4.2C2H6/c1-16-7-11-18(12-8-16)19-13-9-17(10-14-19)6-5-15-20(2,3)4;1-17-3-5-18(6-4-17)22-15-13-21(14-16-22)12-11-20-9-7-19(2)8-10-20;2*1-2/h7-14H,5-6,15H2,1-4H3;3-6H,7-16H2,1-2H3;2*1-2H3. The average molecular weight is 629 g/mol. The summed E-state index contributed by atoms with van der Waals surface area (Å²) in [5, 5.41) is 0. The van der Waals surface area contributed by atoms with Gasteiger partial charge in [-0.25, -0.2) is 0 Å². The summed E-state index contributed by atoms with van der Waals surface area (Å²) >= 11 is 0. The van der Waals surface area contributed by atoms with Gasteiger partial charge in [-0.05, 0) is 74.4 Å². The molecule has 256 valence electrons. The van der Waals surface area contributed by atoms with Crippen molar-refractivity contribution in [3.63, 3.8) is 0 Å². The molecule has 5 rings (SSSR count). The van der Waals surface area contributed by atoms with E-state index >= 15 is 0 Å². The third kappa shape index (κ3) is 14.8. The lowest BCUT2D eigenvalue weighted by atomic mass is 9.89. The Morgan fingerprint density at radius 1 is 0.543 bits per heavy atom. The number of hydrogen-bond acceptors (Lipinski definition) is 4. The van der Waals surface area contributed by atoms with Gasteiger partial charge in [-0.3, -0.25) is 9.80 Å². The molecular formula is C42H68N4. The van der Waals surface area contributed by atoms with E-state index in [4.69, 9.17) is 0 Å². The second-order valence-electron chi connectivity index (χ2n) is 13.8. The van der Waals surface area contributed by atoms with Gasteiger partial charge >= 0.3 is 0 Å². The van der Waals surface area contributed by atoms with Gasteiger partial charge in [0.1, 0.15) is 0 Å². The number of rotatable bonds is 8. The van der Waals surface area contributed by atoms with Crippen molar-refractivity contribution < 1.29 is 0 Å². The first kappa shape index (κ1) is 39.5. The highest BCUT2D eigenvalue weighted by Gasteiger charge is 2.19. The van der Waals surface area contributed by atoms with E-state index in [1.54, 1.807) is 0 Å². The first-order valence-electron chi connectivity index (χ1n) is 18.3. The van der Waals surface area contributed by atoms with E-state index in [0.717, 1.165) is 13.1 Å². The van der Waals surface area contributed by atoms with Crippen LogP contribution in [-0.4, -0.2) is 87.2 Å². The van der Waals surface area contributed by atoms with Crippen LogP contribution in [0.5, 0.6) is 0 Å². The largest absolute Gasteiger partial charge is 0.369 e.